The van der Waals surface area contributed by atoms with Gasteiger partial charge in [0.2, 0.25) is 5.95 Å². The number of fused-ring (bicyclic) bond motifs is 5. The highest BCUT2D eigenvalue weighted by Crippen LogP contribution is 2.64. The summed E-state index contributed by atoms with van der Waals surface area (Å²) in [5.74, 6) is -1.04. The zero-order valence-electron chi connectivity index (χ0n) is 27.9. The summed E-state index contributed by atoms with van der Waals surface area (Å²) >= 11 is 0.298. The van der Waals surface area contributed by atoms with Gasteiger partial charge in [0.15, 0.2) is 53.4 Å². The summed E-state index contributed by atoms with van der Waals surface area (Å²) in [4.78, 5) is 57.6. The van der Waals surface area contributed by atoms with Crippen LogP contribution in [-0.4, -0.2) is 118 Å². The second kappa shape index (κ2) is 15.0. The van der Waals surface area contributed by atoms with Crippen LogP contribution in [-0.2, 0) is 46.4 Å². The van der Waals surface area contributed by atoms with Gasteiger partial charge in [-0.15, -0.1) is 0 Å². The first-order chi connectivity index (χ1) is 25.6. The Bertz CT molecular complexity index is 2200. The molecule has 3 fully saturated rings. The van der Waals surface area contributed by atoms with Crippen LogP contribution in [0.5, 0.6) is 0 Å². The van der Waals surface area contributed by atoms with E-state index in [1.807, 2.05) is 0 Å². The summed E-state index contributed by atoms with van der Waals surface area (Å²) in [6, 6.07) is 0. The van der Waals surface area contributed by atoms with E-state index in [0.29, 0.717) is 11.4 Å². The Morgan fingerprint density at radius 1 is 1.02 bits per heavy atom. The van der Waals surface area contributed by atoms with Crippen LogP contribution in [0, 0.1) is 0 Å². The maximum atomic E-state index is 16.4. The zero-order valence-corrected chi connectivity index (χ0v) is 30.6. The molecule has 23 nitrogen and oxygen atoms in total. The molecule has 3 saturated heterocycles. The summed E-state index contributed by atoms with van der Waals surface area (Å²) in [6.45, 7) is -3.32. The molecule has 0 aromatic carbocycles. The summed E-state index contributed by atoms with van der Waals surface area (Å²) in [6.07, 6.45) is -13.7. The van der Waals surface area contributed by atoms with Crippen molar-refractivity contribution in [3.63, 3.8) is 0 Å². The number of rotatable bonds is 6. The number of carbonyl (C=O) groups is 1. The van der Waals surface area contributed by atoms with E-state index in [0.717, 1.165) is 17.2 Å². The number of hydrogen-bond donors (Lipinski definition) is 4. The van der Waals surface area contributed by atoms with Crippen molar-refractivity contribution < 1.29 is 64.9 Å². The lowest BCUT2D eigenvalue weighted by molar-refractivity contribution is -0.0551. The van der Waals surface area contributed by atoms with Gasteiger partial charge in [-0.25, -0.2) is 38.1 Å². The van der Waals surface area contributed by atoms with Crippen LogP contribution >= 0.6 is 25.8 Å². The molecule has 4 aromatic heterocycles. The molecule has 0 spiro atoms. The number of alkyl halides is 2. The molecule has 0 aliphatic carbocycles. The van der Waals surface area contributed by atoms with Crippen molar-refractivity contribution in [1.82, 2.24) is 39.0 Å². The lowest BCUT2D eigenvalue weighted by Crippen LogP contribution is -2.36. The summed E-state index contributed by atoms with van der Waals surface area (Å²) < 4.78 is 107. The second-order valence-corrected chi connectivity index (χ2v) is 18.0. The number of halogens is 2. The number of nitrogen functional groups attached to an aromatic ring is 2. The summed E-state index contributed by atoms with van der Waals surface area (Å²) in [5.41, 5.74) is 10.7. The van der Waals surface area contributed by atoms with Gasteiger partial charge in [0.05, 0.1) is 32.0 Å². The van der Waals surface area contributed by atoms with Gasteiger partial charge in [-0.05, 0) is 13.8 Å². The Hall–Kier alpha value is -3.84. The van der Waals surface area contributed by atoms with Gasteiger partial charge in [0.1, 0.15) is 42.6 Å². The first kappa shape index (κ1) is 38.4. The molecule has 28 heteroatoms. The van der Waals surface area contributed by atoms with Gasteiger partial charge in [-0.3, -0.25) is 32.5 Å². The molecule has 0 saturated carbocycles. The van der Waals surface area contributed by atoms with Crippen molar-refractivity contribution in [2.75, 3.05) is 37.0 Å². The van der Waals surface area contributed by atoms with Crippen molar-refractivity contribution in [2.24, 2.45) is 0 Å². The van der Waals surface area contributed by atoms with Gasteiger partial charge < -0.3 is 44.6 Å². The molecule has 54 heavy (non-hydrogen) atoms. The monoisotopic (exact) mass is 824 g/mol. The number of imidazole rings is 2. The summed E-state index contributed by atoms with van der Waals surface area (Å²) in [5, 5.41) is 0. The lowest BCUT2D eigenvalue weighted by atomic mass is 10.1. The number of nitrogens with zero attached hydrogens (tertiary/aromatic N) is 7. The number of H-pyrrole nitrogens is 1. The lowest BCUT2D eigenvalue weighted by Gasteiger charge is -2.27. The number of ether oxygens (including phenoxy) is 5. The SMILES string of the molecule is CC(C)OC(=O)OCSP1(=O)OC[C@H]2O[C@@H](n3cnc4c(N)ncnc43)[C@H](F)[C@@H]2OCP(=O)(O)OC[C@H]2O[C@@H](n3cnc4c(=O)[nH]c(N)nc43)[C@H](O1)[C@@H]2F. The van der Waals surface area contributed by atoms with Crippen LogP contribution in [0.15, 0.2) is 23.8 Å². The Kier molecular flexibility index (Phi) is 10.7. The molecule has 0 amide bonds. The normalized spacial score (nSPS) is 33.5. The molecule has 3 aliphatic heterocycles. The smallest absolute Gasteiger partial charge is 0.432 e. The first-order valence-corrected chi connectivity index (χ1v) is 20.8. The Morgan fingerprint density at radius 2 is 1.72 bits per heavy atom. The predicted molar refractivity (Wildman–Crippen MR) is 179 cm³/mol. The third kappa shape index (κ3) is 7.67. The molecule has 3 aliphatic rings. The standard InChI is InChI=1S/C26H32F2N10O13P2S/c1-10(2)48-26(40)45-9-54-53(43)47-4-12-17(14(28)23(50-12)37-6-33-15-19(29)31-5-32-20(15)37)44-8-52(41,42)46-3-11-13(27)18(51-53)24(49-11)38-7-34-16-21(38)35-25(30)36-22(16)39/h5-7,10-14,17-18,23-24H,3-4,8-9H2,1-2H3,(H,41,42)(H2,29,31,32)(H3,30,35,36,39)/t11-,12-,13-,14-,17-,18-,23-,24-,53?/m1/s1. The number of hydrogen-bond acceptors (Lipinski definition) is 20. The second-order valence-electron chi connectivity index (χ2n) is 12.2. The van der Waals surface area contributed by atoms with E-state index >= 15 is 8.78 Å². The van der Waals surface area contributed by atoms with Crippen LogP contribution in [0.3, 0.4) is 0 Å². The van der Waals surface area contributed by atoms with Crippen molar-refractivity contribution in [1.29, 1.82) is 0 Å². The molecule has 7 heterocycles. The average Bonchev–Trinajstić information content (AvgIpc) is 3.86. The van der Waals surface area contributed by atoms with E-state index in [-0.39, 0.29) is 34.1 Å². The molecule has 294 valence electrons. The minimum absolute atomic E-state index is 0.00387. The zero-order chi connectivity index (χ0) is 38.5. The average molecular weight is 825 g/mol. The predicted octanol–water partition coefficient (Wildman–Crippen LogP) is 1.92. The van der Waals surface area contributed by atoms with Gasteiger partial charge >= 0.3 is 20.5 Å². The van der Waals surface area contributed by atoms with E-state index in [4.69, 9.17) is 48.7 Å². The number of aromatic amines is 1. The van der Waals surface area contributed by atoms with E-state index in [2.05, 4.69) is 29.9 Å². The van der Waals surface area contributed by atoms with Crippen LogP contribution in [0.1, 0.15) is 26.3 Å². The topological polar surface area (TPSA) is 304 Å². The van der Waals surface area contributed by atoms with Crippen LogP contribution in [0.4, 0.5) is 25.3 Å². The van der Waals surface area contributed by atoms with E-state index in [1.165, 1.54) is 10.9 Å². The number of carbonyl (C=O) groups excluding carboxylic acids is 1. The van der Waals surface area contributed by atoms with Crippen molar-refractivity contribution in [3.05, 3.63) is 29.3 Å². The third-order valence-corrected chi connectivity index (χ3v) is 12.5. The fourth-order valence-corrected chi connectivity index (χ4v) is 9.36. The quantitative estimate of drug-likeness (QED) is 0.123. The van der Waals surface area contributed by atoms with E-state index < -0.39 is 107 Å². The van der Waals surface area contributed by atoms with Crippen LogP contribution in [0.25, 0.3) is 22.3 Å². The third-order valence-electron chi connectivity index (χ3n) is 8.16. The minimum atomic E-state index is -4.76. The minimum Gasteiger partial charge on any atom is -0.432 e. The van der Waals surface area contributed by atoms with Gasteiger partial charge in [0, 0.05) is 11.4 Å². The highest BCUT2D eigenvalue weighted by atomic mass is 32.7. The molecule has 0 radical (unpaired) electrons. The molecule has 10 atom stereocenters. The molecule has 2 unspecified atom stereocenters. The van der Waals surface area contributed by atoms with Crippen molar-refractivity contribution in [3.8, 4) is 0 Å². The molecule has 2 bridgehead atoms. The largest absolute Gasteiger partial charge is 0.509 e. The maximum absolute atomic E-state index is 16.4. The van der Waals surface area contributed by atoms with Crippen molar-refractivity contribution >= 4 is 66.0 Å². The number of nitrogens with one attached hydrogen (secondary N) is 1. The highest BCUT2D eigenvalue weighted by Gasteiger charge is 2.54. The maximum Gasteiger partial charge on any atom is 0.509 e. The number of aromatic nitrogens is 8. The molecular formula is C26H32F2N10O13P2S. The Morgan fingerprint density at radius 3 is 2.48 bits per heavy atom. The number of nitrogens with two attached hydrogens (primary N) is 2. The fourth-order valence-electron chi connectivity index (χ4n) is 5.79. The van der Waals surface area contributed by atoms with Gasteiger partial charge in [-0.1, -0.05) is 0 Å². The Labute approximate surface area is 305 Å². The van der Waals surface area contributed by atoms with Crippen molar-refractivity contribution in [2.45, 2.75) is 69.2 Å². The highest BCUT2D eigenvalue weighted by molar-refractivity contribution is 8.55. The Balaban J connectivity index is 1.23. The van der Waals surface area contributed by atoms with Gasteiger partial charge in [-0.2, -0.15) is 4.98 Å². The van der Waals surface area contributed by atoms with Crippen LogP contribution in [0.2, 0.25) is 0 Å². The molecule has 4 aromatic rings. The molecular weight excluding hydrogens is 792 g/mol. The first-order valence-electron chi connectivity index (χ1n) is 15.9. The van der Waals surface area contributed by atoms with E-state index in [9.17, 15) is 23.6 Å². The molecule has 6 N–H and O–H groups in total. The van der Waals surface area contributed by atoms with E-state index in [1.54, 1.807) is 13.8 Å². The summed E-state index contributed by atoms with van der Waals surface area (Å²) in [7, 11) is -4.76. The fraction of sp³-hybridized carbons (Fsp3) is 0.577. The van der Waals surface area contributed by atoms with Gasteiger partial charge in [0.25, 0.3) is 5.56 Å². The number of anilines is 2. The van der Waals surface area contributed by atoms with Crippen LogP contribution < -0.4 is 17.0 Å². The molecule has 7 rings (SSSR count).